The predicted molar refractivity (Wildman–Crippen MR) is 133 cm³/mol. The molecule has 3 aromatic rings. The molecule has 1 saturated carbocycles. The summed E-state index contributed by atoms with van der Waals surface area (Å²) in [6, 6.07) is 15.7. The van der Waals surface area contributed by atoms with Crippen LogP contribution in [0.2, 0.25) is 5.02 Å². The lowest BCUT2D eigenvalue weighted by Gasteiger charge is -2.22. The van der Waals surface area contributed by atoms with Crippen LogP contribution in [-0.4, -0.2) is 27.6 Å². The highest BCUT2D eigenvalue weighted by Gasteiger charge is 2.22. The summed E-state index contributed by atoms with van der Waals surface area (Å²) in [5, 5.41) is 21.5. The minimum Gasteiger partial charge on any atom is -0.450 e. The molecule has 1 amide bonds. The predicted octanol–water partition coefficient (Wildman–Crippen LogP) is 7.88. The van der Waals surface area contributed by atoms with E-state index in [4.69, 9.17) is 35.9 Å². The number of carboxylic acid groups (broad SMARTS) is 2. The van der Waals surface area contributed by atoms with Gasteiger partial charge >= 0.3 is 12.2 Å². The lowest BCUT2D eigenvalue weighted by molar-refractivity contribution is 0.121. The Hall–Kier alpha value is -3.52. The molecule has 1 atom stereocenters. The fourth-order valence-corrected chi connectivity index (χ4v) is 4.54. The molecule has 1 heterocycles. The third-order valence-corrected chi connectivity index (χ3v) is 6.30. The number of nitrogens with zero attached hydrogens (tertiary/aromatic N) is 1. The highest BCUT2D eigenvalue weighted by atomic mass is 35.5. The van der Waals surface area contributed by atoms with Crippen LogP contribution in [0.1, 0.15) is 67.9 Å². The summed E-state index contributed by atoms with van der Waals surface area (Å²) < 4.78 is 11.0. The van der Waals surface area contributed by atoms with Crippen molar-refractivity contribution in [1.29, 1.82) is 0 Å². The first-order chi connectivity index (χ1) is 16.8. The number of aromatic nitrogens is 1. The van der Waals surface area contributed by atoms with Gasteiger partial charge in [0.05, 0.1) is 0 Å². The third kappa shape index (κ3) is 7.23. The van der Waals surface area contributed by atoms with E-state index in [1.54, 1.807) is 19.9 Å². The van der Waals surface area contributed by atoms with Gasteiger partial charge in [0.2, 0.25) is 0 Å². The number of hydrogen-bond donors (Lipinski definition) is 3. The molecule has 2 aromatic carbocycles. The number of nitrogens with one attached hydrogen (secondary N) is 1. The number of hydrogen-bond acceptors (Lipinski definition) is 5. The van der Waals surface area contributed by atoms with Gasteiger partial charge in [0.15, 0.2) is 5.76 Å². The van der Waals surface area contributed by atoms with Crippen molar-refractivity contribution in [3.8, 4) is 11.3 Å². The van der Waals surface area contributed by atoms with E-state index in [0.717, 1.165) is 11.1 Å². The minimum absolute atomic E-state index is 0.494. The average molecular weight is 501 g/mol. The SMILES string of the molecule is Cc1onc(-c2cccc(C3CCCCC3)c2)c1NC(=O)OC(C)c1ccccc1Cl.O=C(O)O. The minimum atomic E-state index is -1.83. The van der Waals surface area contributed by atoms with Crippen LogP contribution < -0.4 is 5.32 Å². The van der Waals surface area contributed by atoms with Gasteiger partial charge in [-0.25, -0.2) is 9.59 Å². The Kier molecular flexibility index (Phi) is 9.14. The van der Waals surface area contributed by atoms with Gasteiger partial charge in [-0.2, -0.15) is 0 Å². The molecule has 186 valence electrons. The van der Waals surface area contributed by atoms with Crippen LogP contribution in [0.25, 0.3) is 11.3 Å². The number of ether oxygens (including phenoxy) is 1. The van der Waals surface area contributed by atoms with Crippen molar-refractivity contribution in [1.82, 2.24) is 5.16 Å². The number of halogens is 1. The summed E-state index contributed by atoms with van der Waals surface area (Å²) in [7, 11) is 0. The molecule has 1 aromatic heterocycles. The molecule has 1 aliphatic carbocycles. The van der Waals surface area contributed by atoms with E-state index in [-0.39, 0.29) is 0 Å². The van der Waals surface area contributed by atoms with Crippen molar-refractivity contribution in [2.75, 3.05) is 5.32 Å². The first-order valence-corrected chi connectivity index (χ1v) is 11.8. The van der Waals surface area contributed by atoms with E-state index < -0.39 is 18.4 Å². The van der Waals surface area contributed by atoms with Crippen molar-refractivity contribution in [3.63, 3.8) is 0 Å². The van der Waals surface area contributed by atoms with E-state index in [1.807, 2.05) is 30.3 Å². The van der Waals surface area contributed by atoms with Gasteiger partial charge in [-0.15, -0.1) is 0 Å². The maximum atomic E-state index is 12.6. The van der Waals surface area contributed by atoms with Crippen LogP contribution in [0, 0.1) is 6.92 Å². The highest BCUT2D eigenvalue weighted by molar-refractivity contribution is 6.31. The lowest BCUT2D eigenvalue weighted by atomic mass is 9.83. The molecule has 9 heteroatoms. The van der Waals surface area contributed by atoms with Crippen molar-refractivity contribution in [3.05, 3.63) is 70.4 Å². The Morgan fingerprint density at radius 2 is 1.80 bits per heavy atom. The van der Waals surface area contributed by atoms with E-state index >= 15 is 0 Å². The van der Waals surface area contributed by atoms with Crippen LogP contribution >= 0.6 is 11.6 Å². The fourth-order valence-electron chi connectivity index (χ4n) is 4.25. The summed E-state index contributed by atoms with van der Waals surface area (Å²) >= 11 is 6.22. The second kappa shape index (κ2) is 12.3. The molecule has 0 spiro atoms. The highest BCUT2D eigenvalue weighted by Crippen LogP contribution is 2.36. The van der Waals surface area contributed by atoms with Crippen LogP contribution in [0.3, 0.4) is 0 Å². The zero-order valence-electron chi connectivity index (χ0n) is 19.7. The van der Waals surface area contributed by atoms with Crippen molar-refractivity contribution < 1.29 is 29.1 Å². The van der Waals surface area contributed by atoms with Crippen LogP contribution in [0.5, 0.6) is 0 Å². The fraction of sp³-hybridized carbons (Fsp3) is 0.346. The molecule has 0 aliphatic heterocycles. The summed E-state index contributed by atoms with van der Waals surface area (Å²) in [5.41, 5.74) is 4.13. The Balaban J connectivity index is 0.000000795. The lowest BCUT2D eigenvalue weighted by Crippen LogP contribution is -2.17. The summed E-state index contributed by atoms with van der Waals surface area (Å²) in [6.07, 6.45) is 3.41. The normalized spacial score (nSPS) is 14.4. The number of anilines is 1. The van der Waals surface area contributed by atoms with E-state index in [0.29, 0.717) is 28.1 Å². The number of amides is 1. The molecule has 3 N–H and O–H groups in total. The summed E-state index contributed by atoms with van der Waals surface area (Å²) in [4.78, 5) is 21.2. The largest absolute Gasteiger partial charge is 0.503 e. The first-order valence-electron chi connectivity index (χ1n) is 11.5. The van der Waals surface area contributed by atoms with E-state index in [1.165, 1.54) is 37.7 Å². The number of carbonyl (C=O) groups excluding carboxylic acids is 1. The monoisotopic (exact) mass is 500 g/mol. The first kappa shape index (κ1) is 26.1. The molecule has 1 unspecified atom stereocenters. The second-order valence-electron chi connectivity index (χ2n) is 8.40. The van der Waals surface area contributed by atoms with Crippen molar-refractivity contribution in [2.45, 2.75) is 58.0 Å². The number of rotatable bonds is 5. The topological polar surface area (TPSA) is 122 Å². The third-order valence-electron chi connectivity index (χ3n) is 5.95. The molecule has 35 heavy (non-hydrogen) atoms. The Bertz CT molecular complexity index is 1150. The number of benzene rings is 2. The molecule has 1 aliphatic rings. The molecule has 8 nitrogen and oxygen atoms in total. The zero-order chi connectivity index (χ0) is 25.4. The van der Waals surface area contributed by atoms with Gasteiger partial charge in [0.1, 0.15) is 17.5 Å². The summed E-state index contributed by atoms with van der Waals surface area (Å²) in [6.45, 7) is 3.56. The Morgan fingerprint density at radius 3 is 2.49 bits per heavy atom. The average Bonchev–Trinajstić information content (AvgIpc) is 3.19. The Labute approximate surface area is 208 Å². The second-order valence-corrected chi connectivity index (χ2v) is 8.81. The Morgan fingerprint density at radius 1 is 1.11 bits per heavy atom. The number of aryl methyl sites for hydroxylation is 1. The van der Waals surface area contributed by atoms with E-state index in [9.17, 15) is 4.79 Å². The standard InChI is InChI=1S/C25H27ClN2O3.CH2O3/c1-16(21-13-6-7-14-22(21)26)30-25(29)27-23-17(2)31-28-24(23)20-12-8-11-19(15-20)18-9-4-3-5-10-18;2-1(3)4/h6-8,11-16,18H,3-5,9-10H2,1-2H3,(H,27,29);(H2,2,3,4). The molecule has 0 saturated heterocycles. The van der Waals surface area contributed by atoms with Crippen molar-refractivity contribution >= 4 is 29.5 Å². The van der Waals surface area contributed by atoms with Crippen LogP contribution in [0.4, 0.5) is 15.3 Å². The van der Waals surface area contributed by atoms with Crippen molar-refractivity contribution in [2.24, 2.45) is 0 Å². The van der Waals surface area contributed by atoms with Gasteiger partial charge in [0.25, 0.3) is 0 Å². The number of carbonyl (C=O) groups is 2. The maximum absolute atomic E-state index is 12.6. The van der Waals surface area contributed by atoms with Gasteiger partial charge in [0, 0.05) is 16.1 Å². The molecular weight excluding hydrogens is 472 g/mol. The van der Waals surface area contributed by atoms with E-state index in [2.05, 4.69) is 22.6 Å². The molecule has 1 fully saturated rings. The zero-order valence-corrected chi connectivity index (χ0v) is 20.4. The maximum Gasteiger partial charge on any atom is 0.503 e. The van der Waals surface area contributed by atoms with Crippen LogP contribution in [-0.2, 0) is 4.74 Å². The van der Waals surface area contributed by atoms with Crippen LogP contribution in [0.15, 0.2) is 53.1 Å². The molecule has 0 radical (unpaired) electrons. The van der Waals surface area contributed by atoms with Gasteiger partial charge < -0.3 is 19.5 Å². The molecule has 4 rings (SSSR count). The quantitative estimate of drug-likeness (QED) is 0.325. The molecule has 0 bridgehead atoms. The summed E-state index contributed by atoms with van der Waals surface area (Å²) in [5.74, 6) is 1.11. The smallest absolute Gasteiger partial charge is 0.450 e. The molecular formula is C26H29ClN2O6. The van der Waals surface area contributed by atoms with Gasteiger partial charge in [-0.1, -0.05) is 72.4 Å². The van der Waals surface area contributed by atoms with Gasteiger partial charge in [-0.3, -0.25) is 5.32 Å². The van der Waals surface area contributed by atoms with Gasteiger partial charge in [-0.05, 0) is 50.3 Å².